The van der Waals surface area contributed by atoms with Crippen LogP contribution in [0.5, 0.6) is 0 Å². The zero-order valence-electron chi connectivity index (χ0n) is 9.77. The minimum atomic E-state index is -0.241. The summed E-state index contributed by atoms with van der Waals surface area (Å²) in [6, 6.07) is 5.54. The van der Waals surface area contributed by atoms with Crippen LogP contribution in [-0.2, 0) is 16.1 Å². The molecule has 0 bridgehead atoms. The van der Waals surface area contributed by atoms with Crippen LogP contribution in [0.25, 0.3) is 0 Å². The van der Waals surface area contributed by atoms with Crippen LogP contribution in [0.4, 0.5) is 0 Å². The number of nitrogens with zero attached hydrogens (tertiary/aromatic N) is 1. The van der Waals surface area contributed by atoms with E-state index in [2.05, 4.69) is 4.98 Å². The third kappa shape index (κ3) is 3.85. The van der Waals surface area contributed by atoms with Gasteiger partial charge in [0.1, 0.15) is 6.61 Å². The zero-order chi connectivity index (χ0) is 11.8. The number of hydrogen-bond acceptors (Lipinski definition) is 3. The van der Waals surface area contributed by atoms with Crippen molar-refractivity contribution in [2.24, 2.45) is 0 Å². The molecule has 0 saturated heterocycles. The van der Waals surface area contributed by atoms with Crippen LogP contribution in [0.2, 0.25) is 0 Å². The molecule has 1 rings (SSSR count). The molecule has 0 radical (unpaired) electrons. The van der Waals surface area contributed by atoms with Crippen molar-refractivity contribution in [3.63, 3.8) is 0 Å². The summed E-state index contributed by atoms with van der Waals surface area (Å²) in [5.41, 5.74) is 1.50. The van der Waals surface area contributed by atoms with Crippen molar-refractivity contribution in [3.05, 3.63) is 41.7 Å². The van der Waals surface area contributed by atoms with Gasteiger partial charge in [-0.2, -0.15) is 0 Å². The summed E-state index contributed by atoms with van der Waals surface area (Å²) in [4.78, 5) is 15.7. The lowest BCUT2D eigenvalue weighted by molar-refractivity contribution is -0.140. The predicted molar refractivity (Wildman–Crippen MR) is 62.7 cm³/mol. The molecule has 0 saturated carbocycles. The van der Waals surface area contributed by atoms with Gasteiger partial charge in [0, 0.05) is 11.8 Å². The first kappa shape index (κ1) is 12.4. The topological polar surface area (TPSA) is 39.2 Å². The molecule has 0 aliphatic heterocycles. The standard InChI is InChI=1S/C13H17NO2/c1-3-7-11(4-2)13(15)16-10-12-8-5-6-9-14-12/h4-6,8-9H,3,7,10H2,1-2H3/b11-4+. The molecule has 0 N–H and O–H groups in total. The fourth-order valence-electron chi connectivity index (χ4n) is 1.35. The molecule has 3 heteroatoms. The van der Waals surface area contributed by atoms with Gasteiger partial charge in [-0.1, -0.05) is 25.5 Å². The number of allylic oxidation sites excluding steroid dienone is 1. The van der Waals surface area contributed by atoms with Gasteiger partial charge in [-0.05, 0) is 25.5 Å². The van der Waals surface area contributed by atoms with E-state index in [1.165, 1.54) is 0 Å². The normalized spacial score (nSPS) is 11.2. The first-order chi connectivity index (χ1) is 7.77. The van der Waals surface area contributed by atoms with E-state index in [1.54, 1.807) is 6.20 Å². The van der Waals surface area contributed by atoms with Crippen LogP contribution in [0.1, 0.15) is 32.4 Å². The minimum Gasteiger partial charge on any atom is -0.456 e. The second-order valence-electron chi connectivity index (χ2n) is 3.46. The van der Waals surface area contributed by atoms with E-state index in [4.69, 9.17) is 4.74 Å². The number of rotatable bonds is 5. The average molecular weight is 219 g/mol. The summed E-state index contributed by atoms with van der Waals surface area (Å²) >= 11 is 0. The van der Waals surface area contributed by atoms with Gasteiger partial charge in [0.15, 0.2) is 0 Å². The van der Waals surface area contributed by atoms with E-state index in [0.717, 1.165) is 24.1 Å². The van der Waals surface area contributed by atoms with E-state index in [-0.39, 0.29) is 12.6 Å². The Hall–Kier alpha value is -1.64. The van der Waals surface area contributed by atoms with Crippen molar-refractivity contribution in [3.8, 4) is 0 Å². The van der Waals surface area contributed by atoms with Crippen LogP contribution in [-0.4, -0.2) is 11.0 Å². The highest BCUT2D eigenvalue weighted by Crippen LogP contribution is 2.08. The fourth-order valence-corrected chi connectivity index (χ4v) is 1.35. The van der Waals surface area contributed by atoms with Gasteiger partial charge in [0.25, 0.3) is 0 Å². The summed E-state index contributed by atoms with van der Waals surface area (Å²) in [6.45, 7) is 4.13. The molecule has 0 amide bonds. The minimum absolute atomic E-state index is 0.237. The molecule has 0 spiro atoms. The van der Waals surface area contributed by atoms with E-state index < -0.39 is 0 Å². The first-order valence-corrected chi connectivity index (χ1v) is 5.50. The average Bonchev–Trinajstić information content (AvgIpc) is 2.34. The van der Waals surface area contributed by atoms with Crippen molar-refractivity contribution in [2.75, 3.05) is 0 Å². The van der Waals surface area contributed by atoms with Crippen LogP contribution < -0.4 is 0 Å². The lowest BCUT2D eigenvalue weighted by Gasteiger charge is -2.06. The summed E-state index contributed by atoms with van der Waals surface area (Å²) in [7, 11) is 0. The molecule has 0 aliphatic rings. The third-order valence-corrected chi connectivity index (χ3v) is 2.21. The maximum absolute atomic E-state index is 11.6. The molecule has 1 aromatic heterocycles. The first-order valence-electron chi connectivity index (χ1n) is 5.50. The van der Waals surface area contributed by atoms with Crippen molar-refractivity contribution in [1.82, 2.24) is 4.98 Å². The highest BCUT2D eigenvalue weighted by Gasteiger charge is 2.09. The van der Waals surface area contributed by atoms with Gasteiger partial charge in [0.05, 0.1) is 5.69 Å². The van der Waals surface area contributed by atoms with Crippen molar-refractivity contribution in [2.45, 2.75) is 33.3 Å². The van der Waals surface area contributed by atoms with Crippen molar-refractivity contribution < 1.29 is 9.53 Å². The quantitative estimate of drug-likeness (QED) is 0.564. The van der Waals surface area contributed by atoms with Crippen LogP contribution in [0.3, 0.4) is 0 Å². The molecule has 0 aromatic carbocycles. The van der Waals surface area contributed by atoms with Crippen LogP contribution in [0.15, 0.2) is 36.0 Å². The van der Waals surface area contributed by atoms with Crippen LogP contribution >= 0.6 is 0 Å². The summed E-state index contributed by atoms with van der Waals surface area (Å²) in [6.07, 6.45) is 5.20. The Kier molecular flexibility index (Phi) is 5.26. The Morgan fingerprint density at radius 2 is 2.31 bits per heavy atom. The number of pyridine rings is 1. The maximum atomic E-state index is 11.6. The van der Waals surface area contributed by atoms with Crippen molar-refractivity contribution in [1.29, 1.82) is 0 Å². The van der Waals surface area contributed by atoms with E-state index in [0.29, 0.717) is 0 Å². The number of carbonyl (C=O) groups is 1. The second kappa shape index (κ2) is 6.77. The summed E-state index contributed by atoms with van der Waals surface area (Å²) < 4.78 is 5.16. The molecule has 3 nitrogen and oxygen atoms in total. The van der Waals surface area contributed by atoms with E-state index in [1.807, 2.05) is 38.1 Å². The zero-order valence-corrected chi connectivity index (χ0v) is 9.77. The van der Waals surface area contributed by atoms with E-state index in [9.17, 15) is 4.79 Å². The molecule has 0 aliphatic carbocycles. The highest BCUT2D eigenvalue weighted by molar-refractivity contribution is 5.88. The Balaban J connectivity index is 2.46. The van der Waals surface area contributed by atoms with Gasteiger partial charge in [0.2, 0.25) is 0 Å². The molecule has 1 aromatic rings. The molecule has 0 fully saturated rings. The SMILES string of the molecule is C/C=C(\CCC)C(=O)OCc1ccccn1. The Morgan fingerprint density at radius 1 is 1.50 bits per heavy atom. The molecular weight excluding hydrogens is 202 g/mol. The lowest BCUT2D eigenvalue weighted by atomic mass is 10.1. The number of hydrogen-bond donors (Lipinski definition) is 0. The van der Waals surface area contributed by atoms with E-state index >= 15 is 0 Å². The molecule has 16 heavy (non-hydrogen) atoms. The third-order valence-electron chi connectivity index (χ3n) is 2.21. The fraction of sp³-hybridized carbons (Fsp3) is 0.385. The summed E-state index contributed by atoms with van der Waals surface area (Å²) in [5, 5.41) is 0. The van der Waals surface area contributed by atoms with Gasteiger partial charge in [-0.25, -0.2) is 4.79 Å². The summed E-state index contributed by atoms with van der Waals surface area (Å²) in [5.74, 6) is -0.241. The maximum Gasteiger partial charge on any atom is 0.334 e. The smallest absolute Gasteiger partial charge is 0.334 e. The number of carbonyl (C=O) groups excluding carboxylic acids is 1. The number of aromatic nitrogens is 1. The van der Waals surface area contributed by atoms with Gasteiger partial charge < -0.3 is 4.74 Å². The largest absolute Gasteiger partial charge is 0.456 e. The Morgan fingerprint density at radius 3 is 2.88 bits per heavy atom. The van der Waals surface area contributed by atoms with Crippen molar-refractivity contribution >= 4 is 5.97 Å². The highest BCUT2D eigenvalue weighted by atomic mass is 16.5. The number of ether oxygens (including phenoxy) is 1. The molecule has 0 atom stereocenters. The molecule has 86 valence electrons. The predicted octanol–water partition coefficient (Wildman–Crippen LogP) is 2.87. The molecular formula is C13H17NO2. The monoisotopic (exact) mass is 219 g/mol. The second-order valence-corrected chi connectivity index (χ2v) is 3.46. The number of esters is 1. The van der Waals surface area contributed by atoms with Gasteiger partial charge >= 0.3 is 5.97 Å². The lowest BCUT2D eigenvalue weighted by Crippen LogP contribution is -2.08. The molecule has 0 unspecified atom stereocenters. The van der Waals surface area contributed by atoms with Gasteiger partial charge in [-0.3, -0.25) is 4.98 Å². The Labute approximate surface area is 96.2 Å². The Bertz CT molecular complexity index is 357. The van der Waals surface area contributed by atoms with Crippen LogP contribution in [0, 0.1) is 0 Å². The molecule has 1 heterocycles. The van der Waals surface area contributed by atoms with Gasteiger partial charge in [-0.15, -0.1) is 0 Å².